The highest BCUT2D eigenvalue weighted by molar-refractivity contribution is 9.10. The molecule has 0 fully saturated rings. The Bertz CT molecular complexity index is 745. The summed E-state index contributed by atoms with van der Waals surface area (Å²) in [5.74, 6) is -0.564. The molecule has 0 aliphatic rings. The van der Waals surface area contributed by atoms with Crippen molar-refractivity contribution in [2.24, 2.45) is 0 Å². The maximum Gasteiger partial charge on any atom is 0.414 e. The van der Waals surface area contributed by atoms with E-state index in [0.29, 0.717) is 11.0 Å². The second-order valence-electron chi connectivity index (χ2n) is 5.79. The van der Waals surface area contributed by atoms with Crippen molar-refractivity contribution in [3.8, 4) is 0 Å². The zero-order valence-corrected chi connectivity index (χ0v) is 14.9. The number of hydrogen-bond donors (Lipinski definition) is 1. The first-order valence-corrected chi connectivity index (χ1v) is 7.89. The molecule has 23 heavy (non-hydrogen) atoms. The van der Waals surface area contributed by atoms with Crippen LogP contribution in [0.5, 0.6) is 0 Å². The van der Waals surface area contributed by atoms with Gasteiger partial charge in [0.1, 0.15) is 16.7 Å². The Balaban J connectivity index is 2.43. The molecule has 0 saturated heterocycles. The molecule has 1 N–H and O–H groups in total. The van der Waals surface area contributed by atoms with E-state index in [9.17, 15) is 9.59 Å². The summed E-state index contributed by atoms with van der Waals surface area (Å²) in [6.45, 7) is 7.16. The molecule has 2 rings (SSSR count). The number of ether oxygens (including phenoxy) is 2. The quantitative estimate of drug-likeness (QED) is 0.775. The van der Waals surface area contributed by atoms with Gasteiger partial charge < -0.3 is 13.9 Å². The maximum atomic E-state index is 12.2. The van der Waals surface area contributed by atoms with E-state index in [2.05, 4.69) is 21.2 Å². The average Bonchev–Trinajstić information content (AvgIpc) is 2.73. The third-order valence-electron chi connectivity index (χ3n) is 2.75. The van der Waals surface area contributed by atoms with Gasteiger partial charge in [-0.15, -0.1) is 0 Å². The molecule has 2 aromatic rings. The van der Waals surface area contributed by atoms with Gasteiger partial charge in [-0.3, -0.25) is 5.32 Å². The lowest BCUT2D eigenvalue weighted by molar-refractivity contribution is 0.0529. The Hall–Kier alpha value is -2.02. The molecule has 1 heterocycles. The Morgan fingerprint density at radius 1 is 1.30 bits per heavy atom. The fourth-order valence-electron chi connectivity index (χ4n) is 1.96. The highest BCUT2D eigenvalue weighted by Gasteiger charge is 2.25. The van der Waals surface area contributed by atoms with Gasteiger partial charge in [-0.1, -0.05) is 15.9 Å². The zero-order valence-electron chi connectivity index (χ0n) is 13.4. The van der Waals surface area contributed by atoms with E-state index < -0.39 is 17.7 Å². The van der Waals surface area contributed by atoms with E-state index in [0.717, 1.165) is 4.47 Å². The second-order valence-corrected chi connectivity index (χ2v) is 6.71. The molecule has 0 aliphatic carbocycles. The fraction of sp³-hybridized carbons (Fsp3) is 0.375. The van der Waals surface area contributed by atoms with Crippen LogP contribution in [0.1, 0.15) is 38.1 Å². The Kier molecular flexibility index (Phi) is 4.99. The number of rotatable bonds is 3. The number of esters is 1. The van der Waals surface area contributed by atoms with Crippen molar-refractivity contribution in [1.82, 2.24) is 0 Å². The molecule has 0 bridgehead atoms. The van der Waals surface area contributed by atoms with Gasteiger partial charge in [0.2, 0.25) is 5.88 Å². The van der Waals surface area contributed by atoms with Crippen LogP contribution in [0.15, 0.2) is 27.1 Å². The minimum Gasteiger partial charge on any atom is -0.462 e. The van der Waals surface area contributed by atoms with E-state index in [1.54, 1.807) is 45.9 Å². The number of fused-ring (bicyclic) bond motifs is 1. The van der Waals surface area contributed by atoms with Crippen LogP contribution < -0.4 is 5.32 Å². The summed E-state index contributed by atoms with van der Waals surface area (Å²) < 4.78 is 16.6. The number of carbonyl (C=O) groups is 2. The van der Waals surface area contributed by atoms with E-state index in [1.807, 2.05) is 0 Å². The Morgan fingerprint density at radius 2 is 2.00 bits per heavy atom. The molecular formula is C16H18BrNO5. The van der Waals surface area contributed by atoms with E-state index in [4.69, 9.17) is 13.9 Å². The first-order valence-electron chi connectivity index (χ1n) is 7.10. The number of carbonyl (C=O) groups excluding carboxylic acids is 2. The molecule has 0 unspecified atom stereocenters. The van der Waals surface area contributed by atoms with Crippen LogP contribution in [0.4, 0.5) is 10.7 Å². The Morgan fingerprint density at radius 3 is 2.61 bits per heavy atom. The van der Waals surface area contributed by atoms with Gasteiger partial charge >= 0.3 is 12.1 Å². The number of benzene rings is 1. The molecule has 0 aliphatic heterocycles. The number of nitrogens with one attached hydrogen (secondary N) is 1. The van der Waals surface area contributed by atoms with Gasteiger partial charge in [0.15, 0.2) is 0 Å². The van der Waals surface area contributed by atoms with Crippen molar-refractivity contribution in [1.29, 1.82) is 0 Å². The summed E-state index contributed by atoms with van der Waals surface area (Å²) in [6.07, 6.45) is -0.707. The summed E-state index contributed by atoms with van der Waals surface area (Å²) in [6, 6.07) is 5.20. The van der Waals surface area contributed by atoms with E-state index in [1.165, 1.54) is 0 Å². The summed E-state index contributed by atoms with van der Waals surface area (Å²) in [5, 5.41) is 3.02. The van der Waals surface area contributed by atoms with Gasteiger partial charge in [-0.25, -0.2) is 9.59 Å². The maximum absolute atomic E-state index is 12.2. The molecule has 1 amide bonds. The van der Waals surface area contributed by atoms with Crippen LogP contribution in [-0.2, 0) is 9.47 Å². The van der Waals surface area contributed by atoms with Crippen molar-refractivity contribution in [2.45, 2.75) is 33.3 Å². The van der Waals surface area contributed by atoms with Crippen LogP contribution in [0.2, 0.25) is 0 Å². The minimum atomic E-state index is -0.707. The van der Waals surface area contributed by atoms with Crippen molar-refractivity contribution in [3.63, 3.8) is 0 Å². The zero-order chi connectivity index (χ0) is 17.2. The van der Waals surface area contributed by atoms with Gasteiger partial charge in [0, 0.05) is 9.86 Å². The first-order chi connectivity index (χ1) is 10.7. The van der Waals surface area contributed by atoms with E-state index >= 15 is 0 Å². The smallest absolute Gasteiger partial charge is 0.414 e. The lowest BCUT2D eigenvalue weighted by Crippen LogP contribution is -2.27. The predicted octanol–water partition coefficient (Wildman–Crippen LogP) is 4.72. The topological polar surface area (TPSA) is 77.8 Å². The number of anilines is 1. The van der Waals surface area contributed by atoms with Crippen molar-refractivity contribution >= 4 is 44.8 Å². The molecule has 6 nitrogen and oxygen atoms in total. The Labute approximate surface area is 142 Å². The van der Waals surface area contributed by atoms with Crippen molar-refractivity contribution in [3.05, 3.63) is 28.2 Å². The SMILES string of the molecule is CCOC(=O)c1c(NC(=O)OC(C)(C)C)oc2cc(Br)ccc12. The van der Waals surface area contributed by atoms with Gasteiger partial charge in [0.25, 0.3) is 0 Å². The predicted molar refractivity (Wildman–Crippen MR) is 89.7 cm³/mol. The lowest BCUT2D eigenvalue weighted by Gasteiger charge is -2.19. The van der Waals surface area contributed by atoms with Gasteiger partial charge in [-0.2, -0.15) is 0 Å². The van der Waals surface area contributed by atoms with Crippen LogP contribution in [0, 0.1) is 0 Å². The molecule has 0 atom stereocenters. The summed E-state index contributed by atoms with van der Waals surface area (Å²) >= 11 is 3.34. The van der Waals surface area contributed by atoms with Crippen molar-refractivity contribution < 1.29 is 23.5 Å². The summed E-state index contributed by atoms with van der Waals surface area (Å²) in [5.41, 5.74) is -0.0443. The molecule has 0 saturated carbocycles. The molecule has 0 spiro atoms. The lowest BCUT2D eigenvalue weighted by atomic mass is 10.1. The van der Waals surface area contributed by atoms with Crippen LogP contribution >= 0.6 is 15.9 Å². The molecular weight excluding hydrogens is 366 g/mol. The highest BCUT2D eigenvalue weighted by atomic mass is 79.9. The molecule has 124 valence electrons. The number of furan rings is 1. The third-order valence-corrected chi connectivity index (χ3v) is 3.24. The highest BCUT2D eigenvalue weighted by Crippen LogP contribution is 2.33. The number of hydrogen-bond acceptors (Lipinski definition) is 5. The van der Waals surface area contributed by atoms with Crippen LogP contribution in [-0.4, -0.2) is 24.3 Å². The largest absolute Gasteiger partial charge is 0.462 e. The normalized spacial score (nSPS) is 11.3. The number of amides is 1. The second kappa shape index (κ2) is 6.62. The van der Waals surface area contributed by atoms with Gasteiger partial charge in [0.05, 0.1) is 6.61 Å². The summed E-state index contributed by atoms with van der Waals surface area (Å²) in [4.78, 5) is 24.2. The molecule has 7 heteroatoms. The van der Waals surface area contributed by atoms with Crippen LogP contribution in [0.25, 0.3) is 11.0 Å². The van der Waals surface area contributed by atoms with Crippen molar-refractivity contribution in [2.75, 3.05) is 11.9 Å². The monoisotopic (exact) mass is 383 g/mol. The molecule has 1 aromatic heterocycles. The third kappa shape index (κ3) is 4.25. The van der Waals surface area contributed by atoms with Gasteiger partial charge in [-0.05, 0) is 45.9 Å². The van der Waals surface area contributed by atoms with E-state index in [-0.39, 0.29) is 18.1 Å². The average molecular weight is 384 g/mol. The van der Waals surface area contributed by atoms with Crippen LogP contribution in [0.3, 0.4) is 0 Å². The number of halogens is 1. The molecule has 1 aromatic carbocycles. The first kappa shape index (κ1) is 17.3. The minimum absolute atomic E-state index is 0.00537. The fourth-order valence-corrected chi connectivity index (χ4v) is 2.30. The summed E-state index contributed by atoms with van der Waals surface area (Å²) in [7, 11) is 0. The molecule has 0 radical (unpaired) electrons. The standard InChI is InChI=1S/C16H18BrNO5/c1-5-21-14(19)12-10-7-6-9(17)8-11(10)22-13(12)18-15(20)23-16(2,3)4/h6-8H,5H2,1-4H3,(H,18,20).